The highest BCUT2D eigenvalue weighted by Crippen LogP contribution is 2.47. The minimum Gasteiger partial charge on any atom is -0.451 e. The third-order valence-electron chi connectivity index (χ3n) is 6.06. The summed E-state index contributed by atoms with van der Waals surface area (Å²) in [7, 11) is 0. The summed E-state index contributed by atoms with van der Waals surface area (Å²) < 4.78 is 5.98. The molecule has 1 saturated heterocycles. The highest BCUT2D eigenvalue weighted by Gasteiger charge is 2.60. The van der Waals surface area contributed by atoms with E-state index in [0.29, 0.717) is 6.29 Å². The Kier molecular flexibility index (Phi) is 6.75. The SMILES string of the molecule is O=CC1=CS[C@]2(NC(=O)Cc3cccs3)CC(=O)N2C1C(=O)OC(c1ccccc1)c1ccccc1. The standard InChI is InChI=1S/C27H22N2O5S2/c30-16-20-17-36-27(28-22(31)14-21-12-7-13-35-21)15-23(32)29(27)24(20)26(33)34-25(18-8-3-1-4-9-18)19-10-5-2-6-11-19/h1-13,16-17,24-25H,14-15H2,(H,28,31)/t24?,27-/m0/s1. The van der Waals surface area contributed by atoms with Gasteiger partial charge >= 0.3 is 5.97 Å². The first-order valence-corrected chi connectivity index (χ1v) is 13.1. The Balaban J connectivity index is 1.42. The van der Waals surface area contributed by atoms with E-state index < -0.39 is 23.1 Å². The molecule has 7 nitrogen and oxygen atoms in total. The largest absolute Gasteiger partial charge is 0.451 e. The van der Waals surface area contributed by atoms with Gasteiger partial charge < -0.3 is 10.1 Å². The maximum Gasteiger partial charge on any atom is 0.334 e. The Hall–Kier alpha value is -3.69. The number of ether oxygens (including phenoxy) is 1. The molecule has 2 aliphatic heterocycles. The molecule has 1 unspecified atom stereocenters. The molecule has 36 heavy (non-hydrogen) atoms. The van der Waals surface area contributed by atoms with Crippen LogP contribution < -0.4 is 5.32 Å². The molecule has 0 bridgehead atoms. The van der Waals surface area contributed by atoms with Gasteiger partial charge in [-0.2, -0.15) is 0 Å². The summed E-state index contributed by atoms with van der Waals surface area (Å²) in [6.45, 7) is 0. The van der Waals surface area contributed by atoms with Crippen molar-refractivity contribution in [3.8, 4) is 0 Å². The van der Waals surface area contributed by atoms with E-state index in [4.69, 9.17) is 4.74 Å². The predicted molar refractivity (Wildman–Crippen MR) is 137 cm³/mol. The molecule has 182 valence electrons. The van der Waals surface area contributed by atoms with Crippen LogP contribution in [0.3, 0.4) is 0 Å². The normalized spacial score (nSPS) is 20.7. The average Bonchev–Trinajstić information content (AvgIpc) is 3.40. The van der Waals surface area contributed by atoms with Crippen LogP contribution >= 0.6 is 23.1 Å². The first-order chi connectivity index (χ1) is 17.5. The number of hydrogen-bond acceptors (Lipinski definition) is 7. The summed E-state index contributed by atoms with van der Waals surface area (Å²) in [5.41, 5.74) is 1.62. The van der Waals surface area contributed by atoms with Crippen LogP contribution in [-0.2, 0) is 30.3 Å². The van der Waals surface area contributed by atoms with Crippen LogP contribution in [0.25, 0.3) is 0 Å². The summed E-state index contributed by atoms with van der Waals surface area (Å²) in [5.74, 6) is -1.36. The molecule has 0 aliphatic carbocycles. The van der Waals surface area contributed by atoms with Crippen molar-refractivity contribution < 1.29 is 23.9 Å². The molecule has 3 heterocycles. The van der Waals surface area contributed by atoms with Crippen LogP contribution in [0.5, 0.6) is 0 Å². The van der Waals surface area contributed by atoms with Crippen molar-refractivity contribution in [2.45, 2.75) is 30.0 Å². The molecule has 0 saturated carbocycles. The van der Waals surface area contributed by atoms with Gasteiger partial charge in [0, 0.05) is 10.5 Å². The Morgan fingerprint density at radius 2 is 1.72 bits per heavy atom. The van der Waals surface area contributed by atoms with Gasteiger partial charge in [0.2, 0.25) is 11.8 Å². The number of fused-ring (bicyclic) bond motifs is 1. The van der Waals surface area contributed by atoms with E-state index in [1.165, 1.54) is 21.6 Å². The molecule has 3 aromatic rings. The van der Waals surface area contributed by atoms with Crippen molar-refractivity contribution in [3.05, 3.63) is 105 Å². The summed E-state index contributed by atoms with van der Waals surface area (Å²) in [6.07, 6.45) is -0.00401. The van der Waals surface area contributed by atoms with E-state index in [1.54, 1.807) is 0 Å². The summed E-state index contributed by atoms with van der Waals surface area (Å²) in [6, 6.07) is 21.0. The molecular weight excluding hydrogens is 496 g/mol. The minimum absolute atomic E-state index is 0.0149. The van der Waals surface area contributed by atoms with Crippen LogP contribution in [0.2, 0.25) is 0 Å². The number of nitrogens with zero attached hydrogens (tertiary/aromatic N) is 1. The molecule has 1 aromatic heterocycles. The first kappa shape index (κ1) is 24.0. The van der Waals surface area contributed by atoms with Crippen LogP contribution in [0, 0.1) is 0 Å². The lowest BCUT2D eigenvalue weighted by atomic mass is 9.97. The zero-order chi connectivity index (χ0) is 25.1. The van der Waals surface area contributed by atoms with E-state index in [0.717, 1.165) is 27.8 Å². The molecule has 9 heteroatoms. The van der Waals surface area contributed by atoms with Crippen molar-refractivity contribution >= 4 is 47.2 Å². The molecule has 0 radical (unpaired) electrons. The molecule has 0 spiro atoms. The number of β-lactam (4-membered cyclic amide) rings is 1. The molecule has 2 aromatic carbocycles. The van der Waals surface area contributed by atoms with Gasteiger partial charge in [-0.1, -0.05) is 78.5 Å². The highest BCUT2D eigenvalue weighted by atomic mass is 32.2. The van der Waals surface area contributed by atoms with E-state index in [2.05, 4.69) is 5.32 Å². The minimum atomic E-state index is -1.26. The summed E-state index contributed by atoms with van der Waals surface area (Å²) in [5, 5.41) is 6.33. The fraction of sp³-hybridized carbons (Fsp3) is 0.185. The van der Waals surface area contributed by atoms with Gasteiger partial charge in [0.15, 0.2) is 17.1 Å². The third kappa shape index (κ3) is 4.59. The van der Waals surface area contributed by atoms with Gasteiger partial charge in [0.05, 0.1) is 12.8 Å². The number of thiophene rings is 1. The maximum atomic E-state index is 13.6. The van der Waals surface area contributed by atoms with Crippen molar-refractivity contribution in [1.29, 1.82) is 0 Å². The van der Waals surface area contributed by atoms with Crippen molar-refractivity contribution in [3.63, 3.8) is 0 Å². The number of benzene rings is 2. The fourth-order valence-electron chi connectivity index (χ4n) is 4.38. The Labute approximate surface area is 216 Å². The van der Waals surface area contributed by atoms with Crippen molar-refractivity contribution in [2.75, 3.05) is 0 Å². The van der Waals surface area contributed by atoms with E-state index in [9.17, 15) is 19.2 Å². The predicted octanol–water partition coefficient (Wildman–Crippen LogP) is 3.82. The van der Waals surface area contributed by atoms with E-state index in [-0.39, 0.29) is 30.2 Å². The fourth-order valence-corrected chi connectivity index (χ4v) is 6.30. The number of hydrogen-bond donors (Lipinski definition) is 1. The quantitative estimate of drug-likeness (QED) is 0.277. The average molecular weight is 519 g/mol. The Morgan fingerprint density at radius 3 is 2.28 bits per heavy atom. The van der Waals surface area contributed by atoms with Crippen LogP contribution in [0.1, 0.15) is 28.5 Å². The molecule has 1 N–H and O–H groups in total. The molecule has 2 aliphatic rings. The summed E-state index contributed by atoms with van der Waals surface area (Å²) >= 11 is 2.61. The number of esters is 1. The lowest BCUT2D eigenvalue weighted by Crippen LogP contribution is -2.75. The molecule has 5 rings (SSSR count). The van der Waals surface area contributed by atoms with Crippen LogP contribution in [-0.4, -0.2) is 40.0 Å². The maximum absolute atomic E-state index is 13.6. The van der Waals surface area contributed by atoms with E-state index in [1.807, 2.05) is 78.2 Å². The lowest BCUT2D eigenvalue weighted by Gasteiger charge is -2.55. The van der Waals surface area contributed by atoms with Gasteiger partial charge in [-0.3, -0.25) is 19.3 Å². The molecule has 2 amide bonds. The lowest BCUT2D eigenvalue weighted by molar-refractivity contribution is -0.170. The van der Waals surface area contributed by atoms with Crippen LogP contribution in [0.4, 0.5) is 0 Å². The van der Waals surface area contributed by atoms with Gasteiger partial charge in [0.1, 0.15) is 6.29 Å². The second-order valence-electron chi connectivity index (χ2n) is 8.42. The van der Waals surface area contributed by atoms with Gasteiger partial charge in [0.25, 0.3) is 0 Å². The number of aldehydes is 1. The second kappa shape index (κ2) is 10.1. The monoisotopic (exact) mass is 518 g/mol. The zero-order valence-corrected chi connectivity index (χ0v) is 20.7. The Bertz CT molecular complexity index is 1270. The van der Waals surface area contributed by atoms with E-state index >= 15 is 0 Å². The number of amides is 2. The smallest absolute Gasteiger partial charge is 0.334 e. The molecular formula is C27H22N2O5S2. The van der Waals surface area contributed by atoms with Crippen molar-refractivity contribution in [1.82, 2.24) is 10.2 Å². The van der Waals surface area contributed by atoms with Gasteiger partial charge in [-0.15, -0.1) is 11.3 Å². The second-order valence-corrected chi connectivity index (χ2v) is 10.6. The molecule has 2 atom stereocenters. The van der Waals surface area contributed by atoms with Gasteiger partial charge in [-0.05, 0) is 28.0 Å². The first-order valence-electron chi connectivity index (χ1n) is 11.3. The third-order valence-corrected chi connectivity index (χ3v) is 8.16. The molecule has 1 fully saturated rings. The van der Waals surface area contributed by atoms with Gasteiger partial charge in [-0.25, -0.2) is 4.79 Å². The number of nitrogens with one attached hydrogen (secondary N) is 1. The van der Waals surface area contributed by atoms with Crippen LogP contribution in [0.15, 0.2) is 89.2 Å². The Morgan fingerprint density at radius 1 is 1.06 bits per heavy atom. The summed E-state index contributed by atoms with van der Waals surface area (Å²) in [4.78, 5) is 52.1. The number of thioether (sulfide) groups is 1. The zero-order valence-electron chi connectivity index (χ0n) is 19.0. The number of carbonyl (C=O) groups is 4. The number of rotatable bonds is 8. The van der Waals surface area contributed by atoms with Crippen molar-refractivity contribution in [2.24, 2.45) is 0 Å². The number of carbonyl (C=O) groups excluding carboxylic acids is 4. The highest BCUT2D eigenvalue weighted by molar-refractivity contribution is 8.03. The topological polar surface area (TPSA) is 92.8 Å².